The highest BCUT2D eigenvalue weighted by Crippen LogP contribution is 2.13. The first-order valence-electron chi connectivity index (χ1n) is 9.12. The van der Waals surface area contributed by atoms with E-state index in [0.717, 1.165) is 37.9 Å². The molecule has 2 rings (SSSR count). The molecule has 150 valence electrons. The van der Waals surface area contributed by atoms with Gasteiger partial charge in [-0.1, -0.05) is 25.5 Å². The fraction of sp³-hybridized carbons (Fsp3) is 0.526. The quantitative estimate of drug-likeness (QED) is 0.590. The number of nitrogens with one attached hydrogen (secondary N) is 2. The van der Waals surface area contributed by atoms with Gasteiger partial charge in [-0.25, -0.2) is 0 Å². The fourth-order valence-corrected chi connectivity index (χ4v) is 2.95. The van der Waals surface area contributed by atoms with Gasteiger partial charge >= 0.3 is 5.97 Å². The Morgan fingerprint density at radius 3 is 2.33 bits per heavy atom. The second kappa shape index (κ2) is 11.6. The van der Waals surface area contributed by atoms with Crippen LogP contribution >= 0.6 is 12.4 Å². The average Bonchev–Trinajstić information content (AvgIpc) is 3.17. The molecule has 1 unspecified atom stereocenters. The molecule has 3 N–H and O–H groups in total. The molecule has 1 aliphatic rings. The number of carbonyl (C=O) groups excluding carboxylic acids is 2. The second-order valence-electron chi connectivity index (χ2n) is 6.53. The molecule has 1 aromatic carbocycles. The SMILES string of the molecule is CCCC(NCC(=O)NCc1ccc(C(=O)N2CCCC2)cc1)C(=O)O.Cl. The van der Waals surface area contributed by atoms with E-state index < -0.39 is 12.0 Å². The molecule has 0 radical (unpaired) electrons. The first-order chi connectivity index (χ1) is 12.5. The summed E-state index contributed by atoms with van der Waals surface area (Å²) in [5, 5.41) is 14.5. The van der Waals surface area contributed by atoms with Crippen LogP contribution in [0.2, 0.25) is 0 Å². The van der Waals surface area contributed by atoms with E-state index in [9.17, 15) is 14.4 Å². The fourth-order valence-electron chi connectivity index (χ4n) is 2.95. The van der Waals surface area contributed by atoms with E-state index in [2.05, 4.69) is 10.6 Å². The molecule has 1 aliphatic heterocycles. The van der Waals surface area contributed by atoms with Crippen molar-refractivity contribution in [3.8, 4) is 0 Å². The largest absolute Gasteiger partial charge is 0.480 e. The molecule has 0 spiro atoms. The van der Waals surface area contributed by atoms with Gasteiger partial charge in [0.1, 0.15) is 6.04 Å². The molecule has 0 bridgehead atoms. The Labute approximate surface area is 165 Å². The third-order valence-electron chi connectivity index (χ3n) is 4.47. The maximum atomic E-state index is 12.3. The van der Waals surface area contributed by atoms with E-state index in [1.54, 1.807) is 12.1 Å². The lowest BCUT2D eigenvalue weighted by Gasteiger charge is -2.15. The Bertz CT molecular complexity index is 630. The number of hydrogen-bond acceptors (Lipinski definition) is 4. The zero-order chi connectivity index (χ0) is 18.9. The van der Waals surface area contributed by atoms with Crippen LogP contribution in [0.3, 0.4) is 0 Å². The lowest BCUT2D eigenvalue weighted by Crippen LogP contribution is -2.42. The van der Waals surface area contributed by atoms with Gasteiger partial charge in [0.05, 0.1) is 6.54 Å². The van der Waals surface area contributed by atoms with Crippen LogP contribution in [0.15, 0.2) is 24.3 Å². The smallest absolute Gasteiger partial charge is 0.320 e. The van der Waals surface area contributed by atoms with Crippen molar-refractivity contribution >= 4 is 30.2 Å². The van der Waals surface area contributed by atoms with Gasteiger partial charge in [0, 0.05) is 25.2 Å². The average molecular weight is 398 g/mol. The Kier molecular flexibility index (Phi) is 9.82. The molecule has 7 nitrogen and oxygen atoms in total. The summed E-state index contributed by atoms with van der Waals surface area (Å²) in [5.41, 5.74) is 1.55. The molecule has 1 fully saturated rings. The molecule has 1 heterocycles. The number of carbonyl (C=O) groups is 3. The highest BCUT2D eigenvalue weighted by molar-refractivity contribution is 5.94. The zero-order valence-electron chi connectivity index (χ0n) is 15.6. The van der Waals surface area contributed by atoms with Gasteiger partial charge in [0.15, 0.2) is 0 Å². The minimum atomic E-state index is -0.946. The van der Waals surface area contributed by atoms with Gasteiger partial charge in [-0.15, -0.1) is 12.4 Å². The maximum absolute atomic E-state index is 12.3. The van der Waals surface area contributed by atoms with Crippen LogP contribution in [0, 0.1) is 0 Å². The second-order valence-corrected chi connectivity index (χ2v) is 6.53. The summed E-state index contributed by atoms with van der Waals surface area (Å²) in [4.78, 5) is 37.0. The summed E-state index contributed by atoms with van der Waals surface area (Å²) in [6.07, 6.45) is 3.33. The molecule has 8 heteroatoms. The number of aliphatic carboxylic acids is 1. The molecule has 0 saturated carbocycles. The highest BCUT2D eigenvalue weighted by atomic mass is 35.5. The van der Waals surface area contributed by atoms with E-state index in [1.165, 1.54) is 0 Å². The number of hydrogen-bond donors (Lipinski definition) is 3. The number of carboxylic acids is 1. The Hall–Kier alpha value is -2.12. The summed E-state index contributed by atoms with van der Waals surface area (Å²) < 4.78 is 0. The van der Waals surface area contributed by atoms with E-state index >= 15 is 0 Å². The van der Waals surface area contributed by atoms with Gasteiger partial charge in [0.2, 0.25) is 5.91 Å². The lowest BCUT2D eigenvalue weighted by atomic mass is 10.1. The predicted octanol–water partition coefficient (Wildman–Crippen LogP) is 1.80. The number of nitrogens with zero attached hydrogens (tertiary/aromatic N) is 1. The van der Waals surface area contributed by atoms with Crippen LogP contribution in [0.5, 0.6) is 0 Å². The van der Waals surface area contributed by atoms with Gasteiger partial charge in [0.25, 0.3) is 5.91 Å². The van der Waals surface area contributed by atoms with Gasteiger partial charge in [-0.3, -0.25) is 19.7 Å². The minimum absolute atomic E-state index is 0. The first kappa shape index (κ1) is 22.9. The predicted molar refractivity (Wildman–Crippen MR) is 105 cm³/mol. The molecule has 1 aromatic rings. The summed E-state index contributed by atoms with van der Waals surface area (Å²) in [6, 6.07) is 6.51. The Morgan fingerprint density at radius 2 is 1.78 bits per heavy atom. The highest BCUT2D eigenvalue weighted by Gasteiger charge is 2.19. The van der Waals surface area contributed by atoms with Crippen LogP contribution in [0.25, 0.3) is 0 Å². The topological polar surface area (TPSA) is 98.7 Å². The molecule has 1 atom stereocenters. The summed E-state index contributed by atoms with van der Waals surface area (Å²) in [5.74, 6) is -1.15. The minimum Gasteiger partial charge on any atom is -0.480 e. The first-order valence-corrected chi connectivity index (χ1v) is 9.12. The Morgan fingerprint density at radius 1 is 1.15 bits per heavy atom. The molecular weight excluding hydrogens is 370 g/mol. The van der Waals surface area contributed by atoms with Crippen LogP contribution in [-0.4, -0.2) is 53.5 Å². The normalized spacial score (nSPS) is 14.3. The van der Waals surface area contributed by atoms with Gasteiger partial charge in [-0.05, 0) is 37.0 Å². The third kappa shape index (κ3) is 7.19. The van der Waals surface area contributed by atoms with Crippen LogP contribution in [0.1, 0.15) is 48.5 Å². The van der Waals surface area contributed by atoms with Crippen molar-refractivity contribution in [3.05, 3.63) is 35.4 Å². The van der Waals surface area contributed by atoms with Crippen molar-refractivity contribution in [2.75, 3.05) is 19.6 Å². The van der Waals surface area contributed by atoms with Crippen molar-refractivity contribution in [1.82, 2.24) is 15.5 Å². The molecule has 27 heavy (non-hydrogen) atoms. The summed E-state index contributed by atoms with van der Waals surface area (Å²) in [7, 11) is 0. The van der Waals surface area contributed by atoms with E-state index in [-0.39, 0.29) is 30.8 Å². The van der Waals surface area contributed by atoms with Crippen molar-refractivity contribution in [1.29, 1.82) is 0 Å². The van der Waals surface area contributed by atoms with Crippen molar-refractivity contribution < 1.29 is 19.5 Å². The Balaban J connectivity index is 0.00000364. The number of amides is 2. The number of likely N-dealkylation sites (tertiary alicyclic amines) is 1. The van der Waals surface area contributed by atoms with Gasteiger partial charge < -0.3 is 15.3 Å². The van der Waals surface area contributed by atoms with Crippen LogP contribution in [0.4, 0.5) is 0 Å². The molecule has 0 aromatic heterocycles. The molecule has 0 aliphatic carbocycles. The summed E-state index contributed by atoms with van der Waals surface area (Å²) in [6.45, 7) is 3.83. The molecule has 1 saturated heterocycles. The number of rotatable bonds is 9. The van der Waals surface area contributed by atoms with Crippen molar-refractivity contribution in [2.45, 2.75) is 45.2 Å². The van der Waals surface area contributed by atoms with E-state index in [1.807, 2.05) is 24.0 Å². The van der Waals surface area contributed by atoms with Crippen molar-refractivity contribution in [2.24, 2.45) is 0 Å². The number of carboxylic acid groups (broad SMARTS) is 1. The monoisotopic (exact) mass is 397 g/mol. The summed E-state index contributed by atoms with van der Waals surface area (Å²) >= 11 is 0. The molecule has 2 amide bonds. The number of halogens is 1. The zero-order valence-corrected chi connectivity index (χ0v) is 16.4. The van der Waals surface area contributed by atoms with Gasteiger partial charge in [-0.2, -0.15) is 0 Å². The van der Waals surface area contributed by atoms with Crippen LogP contribution in [-0.2, 0) is 16.1 Å². The van der Waals surface area contributed by atoms with Crippen LogP contribution < -0.4 is 10.6 Å². The van der Waals surface area contributed by atoms with Crippen molar-refractivity contribution in [3.63, 3.8) is 0 Å². The lowest BCUT2D eigenvalue weighted by molar-refractivity contribution is -0.139. The van der Waals surface area contributed by atoms with E-state index in [4.69, 9.17) is 5.11 Å². The standard InChI is InChI=1S/C19H27N3O4.ClH/c1-2-5-16(19(25)26)20-13-17(23)21-12-14-6-8-15(9-7-14)18(24)22-10-3-4-11-22;/h6-9,16,20H,2-5,10-13H2,1H3,(H,21,23)(H,25,26);1H. The molecular formula is C19H28ClN3O4. The maximum Gasteiger partial charge on any atom is 0.320 e. The number of benzene rings is 1. The third-order valence-corrected chi connectivity index (χ3v) is 4.47. The van der Waals surface area contributed by atoms with E-state index in [0.29, 0.717) is 18.5 Å².